The Morgan fingerprint density at radius 2 is 1.89 bits per heavy atom. The van der Waals surface area contributed by atoms with Crippen molar-refractivity contribution in [2.24, 2.45) is 0 Å². The minimum absolute atomic E-state index is 0.681. The fourth-order valence-corrected chi connectivity index (χ4v) is 2.47. The van der Waals surface area contributed by atoms with Crippen molar-refractivity contribution in [3.8, 4) is 5.75 Å². The van der Waals surface area contributed by atoms with Gasteiger partial charge in [0.1, 0.15) is 5.75 Å². The van der Waals surface area contributed by atoms with Crippen LogP contribution in [0.25, 0.3) is 0 Å². The van der Waals surface area contributed by atoms with Crippen LogP contribution in [0.2, 0.25) is 5.02 Å². The van der Waals surface area contributed by atoms with Gasteiger partial charge in [-0.3, -0.25) is 0 Å². The fraction of sp³-hybridized carbons (Fsp3) is 0.200. The predicted molar refractivity (Wildman–Crippen MR) is 78.9 cm³/mol. The lowest BCUT2D eigenvalue weighted by atomic mass is 10.2. The van der Waals surface area contributed by atoms with Crippen molar-refractivity contribution in [3.63, 3.8) is 0 Å². The van der Waals surface area contributed by atoms with Crippen molar-refractivity contribution in [1.82, 2.24) is 0 Å². The third-order valence-corrected chi connectivity index (χ3v) is 3.71. The lowest BCUT2D eigenvalue weighted by Gasteiger charge is -2.09. The Morgan fingerprint density at radius 3 is 2.67 bits per heavy atom. The van der Waals surface area contributed by atoms with Gasteiger partial charge in [-0.25, -0.2) is 0 Å². The number of hydrogen-bond donors (Lipinski definition) is 0. The fourth-order valence-electron chi connectivity index (χ4n) is 1.56. The normalized spacial score (nSPS) is 10.3. The molecule has 2 aromatic carbocycles. The van der Waals surface area contributed by atoms with E-state index in [0.29, 0.717) is 11.6 Å². The first kappa shape index (κ1) is 13.3. The summed E-state index contributed by atoms with van der Waals surface area (Å²) in [4.78, 5) is 1.27. The van der Waals surface area contributed by atoms with Gasteiger partial charge in [-0.15, -0.1) is 11.8 Å². The predicted octanol–water partition coefficient (Wildman–Crippen LogP) is 4.82. The zero-order valence-corrected chi connectivity index (χ0v) is 11.8. The van der Waals surface area contributed by atoms with Crippen LogP contribution in [0, 0.1) is 6.92 Å². The van der Waals surface area contributed by atoms with Crippen molar-refractivity contribution in [1.29, 1.82) is 0 Å². The van der Waals surface area contributed by atoms with Crippen molar-refractivity contribution in [2.45, 2.75) is 11.8 Å². The Hall–Kier alpha value is -1.12. The molecule has 0 aromatic heterocycles. The summed E-state index contributed by atoms with van der Waals surface area (Å²) in [6.07, 6.45) is 0. The third kappa shape index (κ3) is 3.97. The van der Waals surface area contributed by atoms with Gasteiger partial charge in [-0.05, 0) is 36.8 Å². The van der Waals surface area contributed by atoms with E-state index >= 15 is 0 Å². The molecule has 94 valence electrons. The Morgan fingerprint density at radius 1 is 1.11 bits per heavy atom. The molecule has 0 saturated heterocycles. The van der Waals surface area contributed by atoms with Crippen molar-refractivity contribution >= 4 is 23.4 Å². The van der Waals surface area contributed by atoms with Crippen LogP contribution >= 0.6 is 23.4 Å². The molecule has 0 aliphatic heterocycles. The quantitative estimate of drug-likeness (QED) is 0.573. The van der Waals surface area contributed by atoms with E-state index in [0.717, 1.165) is 17.1 Å². The lowest BCUT2D eigenvalue weighted by molar-refractivity contribution is 0.341. The number of rotatable bonds is 5. The highest BCUT2D eigenvalue weighted by Gasteiger charge is 2.00. The SMILES string of the molecule is Cc1ccc(Cl)cc1OCCSc1ccccc1. The molecule has 0 bridgehead atoms. The first-order chi connectivity index (χ1) is 8.75. The van der Waals surface area contributed by atoms with Crippen LogP contribution in [0.1, 0.15) is 5.56 Å². The van der Waals surface area contributed by atoms with Gasteiger partial charge in [0.15, 0.2) is 0 Å². The number of thioether (sulfide) groups is 1. The summed E-state index contributed by atoms with van der Waals surface area (Å²) in [6.45, 7) is 2.71. The average Bonchev–Trinajstić information content (AvgIpc) is 2.40. The number of benzene rings is 2. The third-order valence-electron chi connectivity index (χ3n) is 2.50. The molecule has 0 radical (unpaired) electrons. The van der Waals surface area contributed by atoms with Gasteiger partial charge in [0.05, 0.1) is 6.61 Å². The molecule has 2 aromatic rings. The molecule has 0 N–H and O–H groups in total. The Bertz CT molecular complexity index is 499. The molecule has 0 amide bonds. The van der Waals surface area contributed by atoms with Crippen LogP contribution in [0.4, 0.5) is 0 Å². The van der Waals surface area contributed by atoms with Crippen LogP contribution in [0.5, 0.6) is 5.75 Å². The van der Waals surface area contributed by atoms with Crippen LogP contribution in [-0.4, -0.2) is 12.4 Å². The smallest absolute Gasteiger partial charge is 0.123 e. The average molecular weight is 279 g/mol. The standard InChI is InChI=1S/C15H15ClOS/c1-12-7-8-13(16)11-15(12)17-9-10-18-14-5-3-2-4-6-14/h2-8,11H,9-10H2,1H3. The van der Waals surface area contributed by atoms with E-state index in [1.807, 2.05) is 43.3 Å². The van der Waals surface area contributed by atoms with Gasteiger partial charge in [0.2, 0.25) is 0 Å². The number of ether oxygens (including phenoxy) is 1. The summed E-state index contributed by atoms with van der Waals surface area (Å²) < 4.78 is 5.73. The molecule has 0 saturated carbocycles. The molecule has 0 atom stereocenters. The van der Waals surface area contributed by atoms with Gasteiger partial charge in [-0.2, -0.15) is 0 Å². The number of aryl methyl sites for hydroxylation is 1. The van der Waals surface area contributed by atoms with Gasteiger partial charge < -0.3 is 4.74 Å². The highest BCUT2D eigenvalue weighted by atomic mass is 35.5. The van der Waals surface area contributed by atoms with E-state index in [-0.39, 0.29) is 0 Å². The first-order valence-corrected chi connectivity index (χ1v) is 7.19. The summed E-state index contributed by atoms with van der Waals surface area (Å²) in [7, 11) is 0. The summed E-state index contributed by atoms with van der Waals surface area (Å²) in [5.74, 6) is 1.80. The van der Waals surface area contributed by atoms with Crippen LogP contribution < -0.4 is 4.74 Å². The Kier molecular flexibility index (Phi) is 4.97. The molecule has 0 unspecified atom stereocenters. The molecule has 0 aliphatic carbocycles. The van der Waals surface area contributed by atoms with Gasteiger partial charge in [-0.1, -0.05) is 35.9 Å². The summed E-state index contributed by atoms with van der Waals surface area (Å²) in [6, 6.07) is 16.0. The van der Waals surface area contributed by atoms with E-state index in [2.05, 4.69) is 12.1 Å². The topological polar surface area (TPSA) is 9.23 Å². The largest absolute Gasteiger partial charge is 0.492 e. The van der Waals surface area contributed by atoms with E-state index in [1.165, 1.54) is 4.90 Å². The van der Waals surface area contributed by atoms with Crippen LogP contribution in [-0.2, 0) is 0 Å². The van der Waals surface area contributed by atoms with E-state index < -0.39 is 0 Å². The number of hydrogen-bond acceptors (Lipinski definition) is 2. The molecule has 0 fully saturated rings. The van der Waals surface area contributed by atoms with Gasteiger partial charge >= 0.3 is 0 Å². The van der Waals surface area contributed by atoms with Crippen LogP contribution in [0.3, 0.4) is 0 Å². The van der Waals surface area contributed by atoms with E-state index in [9.17, 15) is 0 Å². The second-order valence-corrected chi connectivity index (χ2v) is 5.52. The molecule has 0 spiro atoms. The minimum Gasteiger partial charge on any atom is -0.492 e. The lowest BCUT2D eigenvalue weighted by Crippen LogP contribution is -2.01. The maximum atomic E-state index is 5.94. The van der Waals surface area contributed by atoms with Gasteiger partial charge in [0.25, 0.3) is 0 Å². The monoisotopic (exact) mass is 278 g/mol. The van der Waals surface area contributed by atoms with Crippen LogP contribution in [0.15, 0.2) is 53.4 Å². The molecule has 18 heavy (non-hydrogen) atoms. The summed E-state index contributed by atoms with van der Waals surface area (Å²) in [5.41, 5.74) is 1.11. The highest BCUT2D eigenvalue weighted by Crippen LogP contribution is 2.23. The Balaban J connectivity index is 1.80. The van der Waals surface area contributed by atoms with Gasteiger partial charge in [0, 0.05) is 15.7 Å². The summed E-state index contributed by atoms with van der Waals surface area (Å²) >= 11 is 7.73. The van der Waals surface area contributed by atoms with Crippen molar-refractivity contribution in [2.75, 3.05) is 12.4 Å². The van der Waals surface area contributed by atoms with E-state index in [1.54, 1.807) is 11.8 Å². The summed E-state index contributed by atoms with van der Waals surface area (Å²) in [5, 5.41) is 0.714. The molecule has 0 heterocycles. The highest BCUT2D eigenvalue weighted by molar-refractivity contribution is 7.99. The second kappa shape index (κ2) is 6.72. The molecule has 3 heteroatoms. The minimum atomic E-state index is 0.681. The van der Waals surface area contributed by atoms with Crippen molar-refractivity contribution in [3.05, 3.63) is 59.1 Å². The molecule has 1 nitrogen and oxygen atoms in total. The first-order valence-electron chi connectivity index (χ1n) is 5.82. The molecule has 2 rings (SSSR count). The molecular formula is C15H15ClOS. The molecular weight excluding hydrogens is 264 g/mol. The van der Waals surface area contributed by atoms with E-state index in [4.69, 9.17) is 16.3 Å². The Labute approximate surface area is 117 Å². The maximum Gasteiger partial charge on any atom is 0.123 e. The zero-order chi connectivity index (χ0) is 12.8. The molecule has 0 aliphatic rings. The number of halogens is 1. The maximum absolute atomic E-state index is 5.94. The second-order valence-electron chi connectivity index (χ2n) is 3.92. The zero-order valence-electron chi connectivity index (χ0n) is 10.2. The van der Waals surface area contributed by atoms with Crippen molar-refractivity contribution < 1.29 is 4.74 Å².